The van der Waals surface area contributed by atoms with Crippen molar-refractivity contribution in [2.75, 3.05) is 45.9 Å². The van der Waals surface area contributed by atoms with Crippen molar-refractivity contribution in [3.05, 3.63) is 34.3 Å². The summed E-state index contributed by atoms with van der Waals surface area (Å²) in [4.78, 5) is 17.0. The van der Waals surface area contributed by atoms with Gasteiger partial charge < -0.3 is 15.4 Å². The molecule has 1 unspecified atom stereocenters. The lowest BCUT2D eigenvalue weighted by molar-refractivity contribution is -0.138. The average molecular weight is 457 g/mol. The number of hydrogen-bond acceptors (Lipinski definition) is 4. The van der Waals surface area contributed by atoms with E-state index in [9.17, 15) is 4.79 Å². The molecule has 25 heavy (non-hydrogen) atoms. The Morgan fingerprint density at radius 3 is 2.28 bits per heavy atom. The van der Waals surface area contributed by atoms with Crippen LogP contribution in [0.25, 0.3) is 0 Å². The number of rotatable bonds is 6. The van der Waals surface area contributed by atoms with Gasteiger partial charge in [0.05, 0.1) is 6.61 Å². The molecule has 0 spiro atoms. The molecule has 0 aromatic heterocycles. The van der Waals surface area contributed by atoms with E-state index in [4.69, 9.17) is 10.5 Å². The van der Waals surface area contributed by atoms with E-state index in [0.29, 0.717) is 13.1 Å². The van der Waals surface area contributed by atoms with Crippen molar-refractivity contribution < 1.29 is 9.53 Å². The first-order valence-electron chi connectivity index (χ1n) is 8.09. The summed E-state index contributed by atoms with van der Waals surface area (Å²) < 4.78 is 6.37. The molecular weight excluding hydrogens is 429 g/mol. The number of hydrogen-bond donors (Lipinski definition) is 1. The van der Waals surface area contributed by atoms with E-state index in [1.807, 2.05) is 36.1 Å². The Hall–Kier alpha value is -0.370. The maximum absolute atomic E-state index is 12.8. The maximum atomic E-state index is 12.8. The first kappa shape index (κ1) is 24.6. The van der Waals surface area contributed by atoms with Crippen LogP contribution in [0.3, 0.4) is 0 Å². The van der Waals surface area contributed by atoms with Crippen LogP contribution in [-0.4, -0.2) is 61.6 Å². The molecule has 1 saturated heterocycles. The van der Waals surface area contributed by atoms with Gasteiger partial charge in [0.1, 0.15) is 5.54 Å². The minimum absolute atomic E-state index is 0. The van der Waals surface area contributed by atoms with Crippen LogP contribution in [0.1, 0.15) is 19.4 Å². The molecule has 1 aromatic carbocycles. The zero-order valence-electron chi connectivity index (χ0n) is 14.7. The molecule has 1 heterocycles. The minimum Gasteiger partial charge on any atom is -0.380 e. The van der Waals surface area contributed by atoms with E-state index in [1.165, 1.54) is 0 Å². The highest BCUT2D eigenvalue weighted by Crippen LogP contribution is 2.23. The number of benzene rings is 1. The molecule has 2 N–H and O–H groups in total. The number of piperazine rings is 1. The van der Waals surface area contributed by atoms with E-state index in [1.54, 1.807) is 6.92 Å². The van der Waals surface area contributed by atoms with Crippen LogP contribution in [0.4, 0.5) is 0 Å². The monoisotopic (exact) mass is 455 g/mol. The first-order valence-corrected chi connectivity index (χ1v) is 8.89. The third-order valence-electron chi connectivity index (χ3n) is 4.30. The molecule has 1 fully saturated rings. The van der Waals surface area contributed by atoms with Gasteiger partial charge in [0, 0.05) is 43.8 Å². The smallest absolute Gasteiger partial charge is 0.247 e. The maximum Gasteiger partial charge on any atom is 0.247 e. The fourth-order valence-electron chi connectivity index (χ4n) is 2.76. The van der Waals surface area contributed by atoms with Crippen molar-refractivity contribution >= 4 is 46.7 Å². The molecule has 0 aliphatic carbocycles. The Morgan fingerprint density at radius 1 is 1.20 bits per heavy atom. The third-order valence-corrected chi connectivity index (χ3v) is 4.83. The Kier molecular flexibility index (Phi) is 11.2. The fourth-order valence-corrected chi connectivity index (χ4v) is 3.02. The first-order chi connectivity index (χ1) is 10.9. The number of halogens is 3. The molecule has 1 aromatic rings. The number of carbonyl (C=O) groups excluding carboxylic acids is 1. The van der Waals surface area contributed by atoms with Gasteiger partial charge in [-0.15, -0.1) is 24.8 Å². The molecule has 0 saturated carbocycles. The van der Waals surface area contributed by atoms with Gasteiger partial charge in [-0.1, -0.05) is 28.1 Å². The molecule has 8 heteroatoms. The zero-order valence-corrected chi connectivity index (χ0v) is 18.0. The number of nitrogens with zero attached hydrogens (tertiary/aromatic N) is 2. The summed E-state index contributed by atoms with van der Waals surface area (Å²) in [5.74, 6) is -0.00993. The SMILES string of the molecule is CCOCCN1CCN(C(=O)C(C)(N)c2ccc(Br)cc2)CC1.Cl.Cl. The summed E-state index contributed by atoms with van der Waals surface area (Å²) in [6.45, 7) is 9.38. The predicted octanol–water partition coefficient (Wildman–Crippen LogP) is 2.65. The van der Waals surface area contributed by atoms with Crippen LogP contribution in [0.2, 0.25) is 0 Å². The standard InChI is InChI=1S/C17H26BrN3O2.2ClH/c1-3-23-13-12-20-8-10-21(11-9-20)16(22)17(2,19)14-4-6-15(18)7-5-14;;/h4-7H,3,8-13,19H2,1-2H3;2*1H. The Morgan fingerprint density at radius 2 is 1.76 bits per heavy atom. The van der Waals surface area contributed by atoms with Crippen molar-refractivity contribution in [3.63, 3.8) is 0 Å². The highest BCUT2D eigenvalue weighted by molar-refractivity contribution is 9.10. The summed E-state index contributed by atoms with van der Waals surface area (Å²) >= 11 is 3.41. The zero-order chi connectivity index (χ0) is 16.9. The largest absolute Gasteiger partial charge is 0.380 e. The lowest BCUT2D eigenvalue weighted by Crippen LogP contribution is -2.57. The summed E-state index contributed by atoms with van der Waals surface area (Å²) in [7, 11) is 0. The van der Waals surface area contributed by atoms with E-state index in [0.717, 1.165) is 42.9 Å². The molecule has 0 radical (unpaired) electrons. The van der Waals surface area contributed by atoms with Crippen LogP contribution in [0.15, 0.2) is 28.7 Å². The van der Waals surface area contributed by atoms with Gasteiger partial charge >= 0.3 is 0 Å². The van der Waals surface area contributed by atoms with E-state index in [2.05, 4.69) is 20.8 Å². The van der Waals surface area contributed by atoms with Crippen LogP contribution in [0, 0.1) is 0 Å². The van der Waals surface area contributed by atoms with Gasteiger partial charge in [-0.05, 0) is 31.5 Å². The van der Waals surface area contributed by atoms with Crippen molar-refractivity contribution in [1.82, 2.24) is 9.80 Å². The molecule has 0 bridgehead atoms. The van der Waals surface area contributed by atoms with E-state index < -0.39 is 5.54 Å². The molecule has 1 atom stereocenters. The van der Waals surface area contributed by atoms with Crippen LogP contribution < -0.4 is 5.73 Å². The van der Waals surface area contributed by atoms with Gasteiger partial charge in [0.25, 0.3) is 0 Å². The molecule has 5 nitrogen and oxygen atoms in total. The molecular formula is C17H28BrCl2N3O2. The highest BCUT2D eigenvalue weighted by Gasteiger charge is 2.35. The van der Waals surface area contributed by atoms with Crippen molar-refractivity contribution in [1.29, 1.82) is 0 Å². The number of carbonyl (C=O) groups is 1. The Labute approximate surface area is 171 Å². The molecule has 1 aliphatic rings. The van der Waals surface area contributed by atoms with Crippen LogP contribution >= 0.6 is 40.7 Å². The number of ether oxygens (including phenoxy) is 1. The molecule has 2 rings (SSSR count). The van der Waals surface area contributed by atoms with Crippen LogP contribution in [-0.2, 0) is 15.1 Å². The highest BCUT2D eigenvalue weighted by atomic mass is 79.9. The Bertz CT molecular complexity index is 521. The summed E-state index contributed by atoms with van der Waals surface area (Å²) in [6, 6.07) is 7.64. The third kappa shape index (κ3) is 6.70. The van der Waals surface area contributed by atoms with Crippen molar-refractivity contribution in [2.24, 2.45) is 5.73 Å². The topological polar surface area (TPSA) is 58.8 Å². The van der Waals surface area contributed by atoms with Gasteiger partial charge in [0.15, 0.2) is 0 Å². The molecule has 1 amide bonds. The second-order valence-electron chi connectivity index (χ2n) is 6.04. The second kappa shape index (κ2) is 11.4. The predicted molar refractivity (Wildman–Crippen MR) is 110 cm³/mol. The lowest BCUT2D eigenvalue weighted by atomic mass is 9.91. The van der Waals surface area contributed by atoms with Gasteiger partial charge in [-0.3, -0.25) is 9.69 Å². The number of amides is 1. The van der Waals surface area contributed by atoms with Crippen molar-refractivity contribution in [3.8, 4) is 0 Å². The van der Waals surface area contributed by atoms with E-state index in [-0.39, 0.29) is 30.7 Å². The summed E-state index contributed by atoms with van der Waals surface area (Å²) in [6.07, 6.45) is 0. The second-order valence-corrected chi connectivity index (χ2v) is 6.96. The van der Waals surface area contributed by atoms with E-state index >= 15 is 0 Å². The normalized spacial score (nSPS) is 17.2. The minimum atomic E-state index is -0.992. The van der Waals surface area contributed by atoms with Crippen molar-refractivity contribution in [2.45, 2.75) is 19.4 Å². The number of nitrogens with two attached hydrogens (primary N) is 1. The Balaban J connectivity index is 0.00000288. The average Bonchev–Trinajstić information content (AvgIpc) is 2.55. The molecule has 144 valence electrons. The van der Waals surface area contributed by atoms with Gasteiger partial charge in [0.2, 0.25) is 5.91 Å². The van der Waals surface area contributed by atoms with Crippen LogP contribution in [0.5, 0.6) is 0 Å². The van der Waals surface area contributed by atoms with Gasteiger partial charge in [-0.25, -0.2) is 0 Å². The summed E-state index contributed by atoms with van der Waals surface area (Å²) in [5.41, 5.74) is 6.20. The lowest BCUT2D eigenvalue weighted by Gasteiger charge is -2.38. The fraction of sp³-hybridized carbons (Fsp3) is 0.588. The summed E-state index contributed by atoms with van der Waals surface area (Å²) in [5, 5.41) is 0. The molecule has 1 aliphatic heterocycles. The quantitative estimate of drug-likeness (QED) is 0.668. The van der Waals surface area contributed by atoms with Gasteiger partial charge in [-0.2, -0.15) is 0 Å².